The highest BCUT2D eigenvalue weighted by molar-refractivity contribution is 7.81. The number of amides is 1. The zero-order chi connectivity index (χ0) is 12.3. The molecule has 1 aromatic rings. The zero-order valence-electron chi connectivity index (χ0n) is 9.18. The third-order valence-electron chi connectivity index (χ3n) is 2.68. The standard InChI is InChI=1S/C12H13N3OS/c13-6-8-2-1-3-9(4-8)15-12(16)11-5-10(17)7-14-11/h1-4,10-11,14,17H,5,7H2,(H,15,16). The van der Waals surface area contributed by atoms with E-state index in [1.807, 2.05) is 6.07 Å². The average Bonchev–Trinajstić information content (AvgIpc) is 2.76. The van der Waals surface area contributed by atoms with Gasteiger partial charge in [-0.2, -0.15) is 17.9 Å². The van der Waals surface area contributed by atoms with Gasteiger partial charge in [-0.05, 0) is 24.6 Å². The number of carbonyl (C=O) groups excluding carboxylic acids is 1. The first-order chi connectivity index (χ1) is 8.19. The van der Waals surface area contributed by atoms with Crippen molar-refractivity contribution in [3.05, 3.63) is 29.8 Å². The summed E-state index contributed by atoms with van der Waals surface area (Å²) in [6, 6.07) is 8.72. The van der Waals surface area contributed by atoms with E-state index in [-0.39, 0.29) is 17.2 Å². The summed E-state index contributed by atoms with van der Waals surface area (Å²) < 4.78 is 0. The van der Waals surface area contributed by atoms with Crippen LogP contribution in [-0.4, -0.2) is 23.7 Å². The topological polar surface area (TPSA) is 64.9 Å². The highest BCUT2D eigenvalue weighted by Gasteiger charge is 2.27. The normalized spacial score (nSPS) is 23.1. The first-order valence-electron chi connectivity index (χ1n) is 5.41. The number of hydrogen-bond acceptors (Lipinski definition) is 4. The van der Waals surface area contributed by atoms with Crippen LogP contribution in [0.1, 0.15) is 12.0 Å². The minimum atomic E-state index is -0.191. The van der Waals surface area contributed by atoms with Crippen molar-refractivity contribution in [1.82, 2.24) is 5.32 Å². The fraction of sp³-hybridized carbons (Fsp3) is 0.333. The number of hydrogen-bond donors (Lipinski definition) is 3. The number of benzene rings is 1. The Balaban J connectivity index is 2.01. The van der Waals surface area contributed by atoms with Crippen LogP contribution < -0.4 is 10.6 Å². The van der Waals surface area contributed by atoms with Crippen LogP contribution in [-0.2, 0) is 4.79 Å². The Morgan fingerprint density at radius 3 is 3.06 bits per heavy atom. The molecule has 5 heteroatoms. The first kappa shape index (κ1) is 12.0. The lowest BCUT2D eigenvalue weighted by atomic mass is 10.2. The second-order valence-corrected chi connectivity index (χ2v) is 4.76. The summed E-state index contributed by atoms with van der Waals surface area (Å²) in [5.41, 5.74) is 1.19. The van der Waals surface area contributed by atoms with E-state index < -0.39 is 0 Å². The van der Waals surface area contributed by atoms with Gasteiger partial charge in [-0.15, -0.1) is 0 Å². The largest absolute Gasteiger partial charge is 0.325 e. The molecule has 2 atom stereocenters. The summed E-state index contributed by atoms with van der Waals surface area (Å²) in [4.78, 5) is 11.9. The molecule has 17 heavy (non-hydrogen) atoms. The molecule has 88 valence electrons. The summed E-state index contributed by atoms with van der Waals surface area (Å²) >= 11 is 4.32. The van der Waals surface area contributed by atoms with Gasteiger partial charge in [0.2, 0.25) is 5.91 Å². The second kappa shape index (κ2) is 5.21. The molecule has 1 amide bonds. The summed E-state index contributed by atoms with van der Waals surface area (Å²) in [6.45, 7) is 0.749. The maximum absolute atomic E-state index is 11.9. The molecule has 4 nitrogen and oxygen atoms in total. The van der Waals surface area contributed by atoms with E-state index in [0.29, 0.717) is 11.3 Å². The minimum absolute atomic E-state index is 0.0726. The lowest BCUT2D eigenvalue weighted by Gasteiger charge is -2.11. The lowest BCUT2D eigenvalue weighted by Crippen LogP contribution is -2.35. The third-order valence-corrected chi connectivity index (χ3v) is 3.08. The highest BCUT2D eigenvalue weighted by Crippen LogP contribution is 2.15. The molecule has 1 aromatic carbocycles. The van der Waals surface area contributed by atoms with Crippen molar-refractivity contribution in [2.45, 2.75) is 17.7 Å². The van der Waals surface area contributed by atoms with E-state index in [1.165, 1.54) is 0 Å². The molecule has 1 fully saturated rings. The zero-order valence-corrected chi connectivity index (χ0v) is 10.1. The van der Waals surface area contributed by atoms with Crippen LogP contribution in [0.4, 0.5) is 5.69 Å². The Morgan fingerprint density at radius 1 is 1.59 bits per heavy atom. The van der Waals surface area contributed by atoms with Gasteiger partial charge in [-0.3, -0.25) is 4.79 Å². The molecule has 0 bridgehead atoms. The van der Waals surface area contributed by atoms with Crippen LogP contribution in [0.25, 0.3) is 0 Å². The molecule has 0 spiro atoms. The van der Waals surface area contributed by atoms with E-state index in [2.05, 4.69) is 23.3 Å². The number of carbonyl (C=O) groups is 1. The highest BCUT2D eigenvalue weighted by atomic mass is 32.1. The number of rotatable bonds is 2. The van der Waals surface area contributed by atoms with Crippen molar-refractivity contribution in [1.29, 1.82) is 5.26 Å². The predicted molar refractivity (Wildman–Crippen MR) is 69.0 cm³/mol. The van der Waals surface area contributed by atoms with E-state index in [9.17, 15) is 4.79 Å². The number of nitriles is 1. The number of nitrogens with one attached hydrogen (secondary N) is 2. The minimum Gasteiger partial charge on any atom is -0.325 e. The molecule has 0 saturated carbocycles. The van der Waals surface area contributed by atoms with Crippen molar-refractivity contribution in [3.63, 3.8) is 0 Å². The maximum Gasteiger partial charge on any atom is 0.241 e. The van der Waals surface area contributed by atoms with Crippen molar-refractivity contribution in [3.8, 4) is 6.07 Å². The Bertz CT molecular complexity index is 469. The molecule has 0 aliphatic carbocycles. The van der Waals surface area contributed by atoms with Gasteiger partial charge in [-0.25, -0.2) is 0 Å². The van der Waals surface area contributed by atoms with Crippen LogP contribution in [0.2, 0.25) is 0 Å². The molecule has 1 aliphatic rings. The number of thiol groups is 1. The van der Waals surface area contributed by atoms with Crippen LogP contribution in [0.15, 0.2) is 24.3 Å². The molecule has 0 radical (unpaired) electrons. The van der Waals surface area contributed by atoms with Crippen molar-refractivity contribution in [2.24, 2.45) is 0 Å². The molecule has 1 saturated heterocycles. The average molecular weight is 247 g/mol. The van der Waals surface area contributed by atoms with Gasteiger partial charge in [-0.1, -0.05) is 6.07 Å². The van der Waals surface area contributed by atoms with Gasteiger partial charge >= 0.3 is 0 Å². The first-order valence-corrected chi connectivity index (χ1v) is 5.93. The van der Waals surface area contributed by atoms with Crippen molar-refractivity contribution in [2.75, 3.05) is 11.9 Å². The van der Waals surface area contributed by atoms with Gasteiger partial charge in [0.15, 0.2) is 0 Å². The van der Waals surface area contributed by atoms with Crippen LogP contribution in [0.5, 0.6) is 0 Å². The van der Waals surface area contributed by atoms with Gasteiger partial charge in [0.1, 0.15) is 0 Å². The van der Waals surface area contributed by atoms with Gasteiger partial charge in [0, 0.05) is 17.5 Å². The molecular formula is C12H13N3OS. The smallest absolute Gasteiger partial charge is 0.241 e. The quantitative estimate of drug-likeness (QED) is 0.687. The fourth-order valence-electron chi connectivity index (χ4n) is 1.81. The van der Waals surface area contributed by atoms with Crippen molar-refractivity contribution >= 4 is 24.2 Å². The molecule has 1 aliphatic heterocycles. The van der Waals surface area contributed by atoms with E-state index >= 15 is 0 Å². The third kappa shape index (κ3) is 2.99. The SMILES string of the molecule is N#Cc1cccc(NC(=O)C2CC(S)CN2)c1. The Morgan fingerprint density at radius 2 is 2.41 bits per heavy atom. The lowest BCUT2D eigenvalue weighted by molar-refractivity contribution is -0.117. The van der Waals surface area contributed by atoms with Gasteiger partial charge < -0.3 is 10.6 Å². The summed E-state index contributed by atoms with van der Waals surface area (Å²) in [5, 5.41) is 14.9. The molecule has 2 N–H and O–H groups in total. The molecule has 1 heterocycles. The van der Waals surface area contributed by atoms with E-state index in [0.717, 1.165) is 13.0 Å². The Labute approximate surface area is 105 Å². The fourth-order valence-corrected chi connectivity index (χ4v) is 2.13. The Kier molecular flexibility index (Phi) is 3.67. The molecule has 0 aromatic heterocycles. The maximum atomic E-state index is 11.9. The summed E-state index contributed by atoms with van der Waals surface area (Å²) in [6.07, 6.45) is 0.729. The molecule has 2 rings (SSSR count). The van der Waals surface area contributed by atoms with Gasteiger partial charge in [0.05, 0.1) is 17.7 Å². The van der Waals surface area contributed by atoms with Crippen molar-refractivity contribution < 1.29 is 4.79 Å². The summed E-state index contributed by atoms with van der Waals surface area (Å²) in [5.74, 6) is -0.0726. The second-order valence-electron chi connectivity index (χ2n) is 4.03. The summed E-state index contributed by atoms with van der Waals surface area (Å²) in [7, 11) is 0. The van der Waals surface area contributed by atoms with Crippen LogP contribution >= 0.6 is 12.6 Å². The van der Waals surface area contributed by atoms with E-state index in [4.69, 9.17) is 5.26 Å². The Hall–Kier alpha value is -1.51. The van der Waals surface area contributed by atoms with Crippen LogP contribution in [0, 0.1) is 11.3 Å². The van der Waals surface area contributed by atoms with E-state index in [1.54, 1.807) is 24.3 Å². The molecule has 2 unspecified atom stereocenters. The van der Waals surface area contributed by atoms with Gasteiger partial charge in [0.25, 0.3) is 0 Å². The number of anilines is 1. The van der Waals surface area contributed by atoms with Crippen LogP contribution in [0.3, 0.4) is 0 Å². The monoisotopic (exact) mass is 247 g/mol. The molecular weight excluding hydrogens is 234 g/mol. The number of nitrogens with zero attached hydrogens (tertiary/aromatic N) is 1. The predicted octanol–water partition coefficient (Wildman–Crippen LogP) is 1.16.